The predicted octanol–water partition coefficient (Wildman–Crippen LogP) is 4.43. The second-order valence-electron chi connectivity index (χ2n) is 5.98. The molecule has 0 aliphatic carbocycles. The van der Waals surface area contributed by atoms with Crippen LogP contribution in [0.15, 0.2) is 58.9 Å². The van der Waals surface area contributed by atoms with E-state index in [-0.39, 0.29) is 5.91 Å². The number of aromatic nitrogens is 2. The number of nitrogens with one attached hydrogen (secondary N) is 1. The van der Waals surface area contributed by atoms with Crippen LogP contribution in [0.4, 0.5) is 10.8 Å². The Hall–Kier alpha value is -2.58. The first-order chi connectivity index (χ1) is 13.6. The molecule has 1 heterocycles. The molecule has 8 heteroatoms. The smallest absolute Gasteiger partial charge is 0.233 e. The Morgan fingerprint density at radius 1 is 1.14 bits per heavy atom. The Morgan fingerprint density at radius 2 is 1.89 bits per heavy atom. The van der Waals surface area contributed by atoms with Crippen molar-refractivity contribution in [3.63, 3.8) is 0 Å². The van der Waals surface area contributed by atoms with Crippen molar-refractivity contribution in [1.29, 1.82) is 0 Å². The molecule has 3 aromatic rings. The molecule has 0 radical (unpaired) electrons. The Bertz CT molecular complexity index is 885. The molecule has 0 bridgehead atoms. The van der Waals surface area contributed by atoms with Crippen LogP contribution in [-0.2, 0) is 11.3 Å². The highest BCUT2D eigenvalue weighted by Crippen LogP contribution is 2.27. The number of nitrogens with zero attached hydrogens (tertiary/aromatic N) is 3. The van der Waals surface area contributed by atoms with Crippen LogP contribution in [0.25, 0.3) is 0 Å². The van der Waals surface area contributed by atoms with Gasteiger partial charge in [-0.15, -0.1) is 10.2 Å². The Morgan fingerprint density at radius 3 is 2.61 bits per heavy atom. The highest BCUT2D eigenvalue weighted by Gasteiger charge is 2.12. The number of thioether (sulfide) groups is 1. The van der Waals surface area contributed by atoms with E-state index < -0.39 is 0 Å². The Balaban J connectivity index is 1.47. The third-order valence-corrected chi connectivity index (χ3v) is 5.79. The van der Waals surface area contributed by atoms with Gasteiger partial charge in [-0.3, -0.25) is 4.79 Å². The molecular weight excluding hydrogens is 392 g/mol. The van der Waals surface area contributed by atoms with Crippen molar-refractivity contribution in [1.82, 2.24) is 15.1 Å². The zero-order valence-corrected chi connectivity index (χ0v) is 17.4. The average molecular weight is 415 g/mol. The SMILES string of the molecule is CCOc1ccc(CN(C)C(=O)CSc2nnc(Nc3ccccc3)s2)cc1. The molecule has 146 valence electrons. The van der Waals surface area contributed by atoms with E-state index in [1.54, 1.807) is 4.90 Å². The number of para-hydroxylation sites is 1. The minimum Gasteiger partial charge on any atom is -0.494 e. The topological polar surface area (TPSA) is 67.3 Å². The molecule has 0 fully saturated rings. The fourth-order valence-electron chi connectivity index (χ4n) is 2.42. The summed E-state index contributed by atoms with van der Waals surface area (Å²) >= 11 is 2.84. The van der Waals surface area contributed by atoms with Crippen LogP contribution in [0, 0.1) is 0 Å². The summed E-state index contributed by atoms with van der Waals surface area (Å²) < 4.78 is 6.20. The van der Waals surface area contributed by atoms with Crippen molar-refractivity contribution >= 4 is 39.8 Å². The highest BCUT2D eigenvalue weighted by molar-refractivity contribution is 8.01. The molecular formula is C20H22N4O2S2. The molecule has 0 atom stereocenters. The fourth-order valence-corrected chi connectivity index (χ4v) is 4.13. The van der Waals surface area contributed by atoms with Gasteiger partial charge in [-0.25, -0.2) is 0 Å². The number of rotatable bonds is 9. The van der Waals surface area contributed by atoms with Crippen molar-refractivity contribution in [2.45, 2.75) is 17.8 Å². The fraction of sp³-hybridized carbons (Fsp3) is 0.250. The molecule has 0 saturated carbocycles. The number of amides is 1. The third kappa shape index (κ3) is 5.97. The molecule has 3 rings (SSSR count). The number of benzene rings is 2. The second kappa shape index (κ2) is 10.1. The van der Waals surface area contributed by atoms with Gasteiger partial charge in [-0.1, -0.05) is 53.4 Å². The summed E-state index contributed by atoms with van der Waals surface area (Å²) in [4.78, 5) is 14.1. The molecule has 1 amide bonds. The number of hydrogen-bond donors (Lipinski definition) is 1. The molecule has 0 unspecified atom stereocenters. The van der Waals surface area contributed by atoms with Crippen LogP contribution in [0.5, 0.6) is 5.75 Å². The lowest BCUT2D eigenvalue weighted by molar-refractivity contribution is -0.127. The van der Waals surface area contributed by atoms with E-state index in [9.17, 15) is 4.79 Å². The summed E-state index contributed by atoms with van der Waals surface area (Å²) in [5.41, 5.74) is 2.02. The van der Waals surface area contributed by atoms with Gasteiger partial charge in [0.05, 0.1) is 12.4 Å². The first kappa shape index (κ1) is 20.2. The Labute approximate surface area is 172 Å². The maximum Gasteiger partial charge on any atom is 0.233 e. The summed E-state index contributed by atoms with van der Waals surface area (Å²) in [6, 6.07) is 17.6. The van der Waals surface area contributed by atoms with Crippen LogP contribution in [0.3, 0.4) is 0 Å². The molecule has 0 saturated heterocycles. The normalized spacial score (nSPS) is 10.5. The molecule has 28 heavy (non-hydrogen) atoms. The van der Waals surface area contributed by atoms with Crippen molar-refractivity contribution in [2.24, 2.45) is 0 Å². The van der Waals surface area contributed by atoms with Crippen molar-refractivity contribution in [3.05, 3.63) is 60.2 Å². The highest BCUT2D eigenvalue weighted by atomic mass is 32.2. The standard InChI is InChI=1S/C20H22N4O2S2/c1-3-26-17-11-9-15(10-12-17)13-24(2)18(25)14-27-20-23-22-19(28-20)21-16-7-5-4-6-8-16/h4-12H,3,13-14H2,1-2H3,(H,21,22). The lowest BCUT2D eigenvalue weighted by Gasteiger charge is -2.17. The summed E-state index contributed by atoms with van der Waals surface area (Å²) in [7, 11) is 1.81. The van der Waals surface area contributed by atoms with E-state index >= 15 is 0 Å². The van der Waals surface area contributed by atoms with Gasteiger partial charge in [0, 0.05) is 19.3 Å². The van der Waals surface area contributed by atoms with Gasteiger partial charge in [-0.2, -0.15) is 0 Å². The van der Waals surface area contributed by atoms with Gasteiger partial charge in [0.2, 0.25) is 11.0 Å². The number of hydrogen-bond acceptors (Lipinski definition) is 7. The largest absolute Gasteiger partial charge is 0.494 e. The van der Waals surface area contributed by atoms with Gasteiger partial charge in [0.25, 0.3) is 0 Å². The average Bonchev–Trinajstić information content (AvgIpc) is 3.16. The van der Waals surface area contributed by atoms with E-state index in [0.717, 1.165) is 21.3 Å². The predicted molar refractivity (Wildman–Crippen MR) is 114 cm³/mol. The first-order valence-corrected chi connectivity index (χ1v) is 10.7. The summed E-state index contributed by atoms with van der Waals surface area (Å²) in [6.07, 6.45) is 0. The van der Waals surface area contributed by atoms with E-state index in [2.05, 4.69) is 15.5 Å². The zero-order valence-electron chi connectivity index (χ0n) is 15.8. The van der Waals surface area contributed by atoms with Crippen LogP contribution < -0.4 is 10.1 Å². The molecule has 2 aromatic carbocycles. The van der Waals surface area contributed by atoms with Crippen LogP contribution in [-0.4, -0.2) is 40.4 Å². The Kier molecular flexibility index (Phi) is 7.27. The molecule has 0 aliphatic rings. The van der Waals surface area contributed by atoms with Gasteiger partial charge < -0.3 is 15.0 Å². The van der Waals surface area contributed by atoms with E-state index in [4.69, 9.17) is 4.74 Å². The van der Waals surface area contributed by atoms with E-state index in [1.807, 2.05) is 68.6 Å². The maximum absolute atomic E-state index is 12.4. The van der Waals surface area contributed by atoms with Crippen molar-refractivity contribution < 1.29 is 9.53 Å². The van der Waals surface area contributed by atoms with Crippen molar-refractivity contribution in [2.75, 3.05) is 24.7 Å². The van der Waals surface area contributed by atoms with E-state index in [0.29, 0.717) is 24.0 Å². The summed E-state index contributed by atoms with van der Waals surface area (Å²) in [5.74, 6) is 1.21. The first-order valence-electron chi connectivity index (χ1n) is 8.88. The number of ether oxygens (including phenoxy) is 1. The molecule has 1 aromatic heterocycles. The summed E-state index contributed by atoms with van der Waals surface area (Å²) in [6.45, 7) is 3.16. The van der Waals surface area contributed by atoms with Crippen molar-refractivity contribution in [3.8, 4) is 5.75 Å². The minimum atomic E-state index is 0.0478. The number of carbonyl (C=O) groups excluding carboxylic acids is 1. The van der Waals surface area contributed by atoms with Crippen LogP contribution >= 0.6 is 23.1 Å². The summed E-state index contributed by atoms with van der Waals surface area (Å²) in [5, 5.41) is 12.2. The zero-order chi connectivity index (χ0) is 19.8. The van der Waals surface area contributed by atoms with Gasteiger partial charge in [0.15, 0.2) is 4.34 Å². The third-order valence-electron chi connectivity index (χ3n) is 3.83. The quantitative estimate of drug-likeness (QED) is 0.523. The monoisotopic (exact) mass is 414 g/mol. The minimum absolute atomic E-state index is 0.0478. The maximum atomic E-state index is 12.4. The lowest BCUT2D eigenvalue weighted by Crippen LogP contribution is -2.27. The number of carbonyl (C=O) groups is 1. The van der Waals surface area contributed by atoms with Gasteiger partial charge >= 0.3 is 0 Å². The molecule has 0 aliphatic heterocycles. The van der Waals surface area contributed by atoms with Crippen LogP contribution in [0.1, 0.15) is 12.5 Å². The van der Waals surface area contributed by atoms with Gasteiger partial charge in [-0.05, 0) is 36.8 Å². The second-order valence-corrected chi connectivity index (χ2v) is 8.18. The molecule has 6 nitrogen and oxygen atoms in total. The van der Waals surface area contributed by atoms with Crippen LogP contribution in [0.2, 0.25) is 0 Å². The molecule has 1 N–H and O–H groups in total. The van der Waals surface area contributed by atoms with E-state index in [1.165, 1.54) is 23.1 Å². The van der Waals surface area contributed by atoms with Gasteiger partial charge in [0.1, 0.15) is 5.75 Å². The number of anilines is 2. The molecule has 0 spiro atoms. The lowest BCUT2D eigenvalue weighted by atomic mass is 10.2.